The molecule has 4 atom stereocenters. The first-order valence-electron chi connectivity index (χ1n) is 8.11. The van der Waals surface area contributed by atoms with Crippen molar-refractivity contribution >= 4 is 15.8 Å². The Morgan fingerprint density at radius 2 is 0.889 bits per heavy atom. The van der Waals surface area contributed by atoms with Crippen molar-refractivity contribution < 1.29 is 0 Å². The number of hydrogen-bond acceptors (Lipinski definition) is 0. The first-order chi connectivity index (χ1) is 8.59. The molecule has 0 saturated carbocycles. The van der Waals surface area contributed by atoms with Crippen molar-refractivity contribution in [3.63, 3.8) is 0 Å². The molecule has 2 aliphatic rings. The van der Waals surface area contributed by atoms with E-state index in [1.54, 1.807) is 12.3 Å². The normalized spacial score (nSPS) is 40.0. The van der Waals surface area contributed by atoms with Gasteiger partial charge >= 0.3 is 0 Å². The van der Waals surface area contributed by atoms with Crippen LogP contribution in [-0.4, -0.2) is 35.0 Å². The van der Waals surface area contributed by atoms with Gasteiger partial charge in [-0.15, -0.1) is 15.8 Å². The molecule has 0 aromatic rings. The van der Waals surface area contributed by atoms with Gasteiger partial charge in [-0.05, 0) is 60.6 Å². The van der Waals surface area contributed by atoms with Gasteiger partial charge in [0.1, 0.15) is 0 Å². The molecule has 2 rings (SSSR count). The van der Waals surface area contributed by atoms with Crippen LogP contribution >= 0.6 is 15.8 Å². The Kier molecular flexibility index (Phi) is 5.96. The Balaban J connectivity index is 1.85. The SMILES string of the molecule is C[C@H]1CCC[C@H](C)P1CCP1[C@@H](C)CCC[C@@H]1C. The summed E-state index contributed by atoms with van der Waals surface area (Å²) < 4.78 is 0. The van der Waals surface area contributed by atoms with Crippen LogP contribution in [0.25, 0.3) is 0 Å². The largest absolute Gasteiger partial charge is 0.101 e. The Morgan fingerprint density at radius 3 is 1.17 bits per heavy atom. The van der Waals surface area contributed by atoms with Gasteiger partial charge in [0.15, 0.2) is 0 Å². The second-order valence-electron chi connectivity index (χ2n) is 6.73. The highest BCUT2D eigenvalue weighted by Crippen LogP contribution is 2.58. The summed E-state index contributed by atoms with van der Waals surface area (Å²) in [6, 6.07) is 0. The molecule has 0 aromatic carbocycles. The monoisotopic (exact) mass is 286 g/mol. The fourth-order valence-electron chi connectivity index (χ4n) is 4.06. The molecular weight excluding hydrogens is 254 g/mol. The van der Waals surface area contributed by atoms with Crippen molar-refractivity contribution in [2.45, 2.75) is 88.9 Å². The standard InChI is InChI=1S/C16H32P2/c1-13-7-5-8-14(2)17(13)11-12-18-15(3)9-6-10-16(18)4/h13-16H,5-12H2,1-4H3/t13-,14-,15-,16-/m0/s1. The summed E-state index contributed by atoms with van der Waals surface area (Å²) in [6.07, 6.45) is 12.3. The van der Waals surface area contributed by atoms with Crippen LogP contribution in [0.3, 0.4) is 0 Å². The van der Waals surface area contributed by atoms with Crippen LogP contribution in [0.15, 0.2) is 0 Å². The van der Waals surface area contributed by atoms with Crippen molar-refractivity contribution in [1.29, 1.82) is 0 Å². The van der Waals surface area contributed by atoms with Gasteiger partial charge in [-0.1, -0.05) is 40.5 Å². The quantitative estimate of drug-likeness (QED) is 0.569. The average molecular weight is 286 g/mol. The lowest BCUT2D eigenvalue weighted by atomic mass is 10.1. The van der Waals surface area contributed by atoms with E-state index in [1.807, 2.05) is 0 Å². The van der Waals surface area contributed by atoms with Crippen molar-refractivity contribution in [3.05, 3.63) is 0 Å². The molecule has 0 bridgehead atoms. The maximum Gasteiger partial charge on any atom is -0.0235 e. The van der Waals surface area contributed by atoms with Crippen LogP contribution in [0, 0.1) is 0 Å². The second-order valence-corrected chi connectivity index (χ2v) is 13.2. The molecule has 0 spiro atoms. The third-order valence-electron chi connectivity index (χ3n) is 5.37. The molecule has 2 aliphatic heterocycles. The lowest BCUT2D eigenvalue weighted by molar-refractivity contribution is 0.619. The van der Waals surface area contributed by atoms with Gasteiger partial charge in [-0.25, -0.2) is 0 Å². The van der Waals surface area contributed by atoms with E-state index in [4.69, 9.17) is 0 Å². The van der Waals surface area contributed by atoms with Crippen molar-refractivity contribution in [3.8, 4) is 0 Å². The van der Waals surface area contributed by atoms with Crippen molar-refractivity contribution in [2.24, 2.45) is 0 Å². The number of rotatable bonds is 3. The molecule has 0 amide bonds. The highest BCUT2D eigenvalue weighted by molar-refractivity contribution is 7.63. The minimum Gasteiger partial charge on any atom is -0.101 e. The third-order valence-corrected chi connectivity index (χ3v) is 12.8. The van der Waals surface area contributed by atoms with E-state index in [2.05, 4.69) is 27.7 Å². The van der Waals surface area contributed by atoms with Gasteiger partial charge in [-0.3, -0.25) is 0 Å². The molecule has 2 saturated heterocycles. The van der Waals surface area contributed by atoms with Crippen LogP contribution in [-0.2, 0) is 0 Å². The van der Waals surface area contributed by atoms with E-state index in [-0.39, 0.29) is 0 Å². The topological polar surface area (TPSA) is 0 Å². The van der Waals surface area contributed by atoms with E-state index in [1.165, 1.54) is 38.5 Å². The van der Waals surface area contributed by atoms with Crippen molar-refractivity contribution in [1.82, 2.24) is 0 Å². The Hall–Kier alpha value is 0.860. The summed E-state index contributed by atoms with van der Waals surface area (Å²) in [4.78, 5) is 0. The molecule has 0 radical (unpaired) electrons. The van der Waals surface area contributed by atoms with E-state index in [0.29, 0.717) is 15.8 Å². The van der Waals surface area contributed by atoms with Crippen LogP contribution in [0.1, 0.15) is 66.2 Å². The number of hydrogen-bond donors (Lipinski definition) is 0. The highest BCUT2D eigenvalue weighted by Gasteiger charge is 2.31. The fraction of sp³-hybridized carbons (Fsp3) is 1.00. The van der Waals surface area contributed by atoms with Crippen LogP contribution in [0.5, 0.6) is 0 Å². The zero-order valence-electron chi connectivity index (χ0n) is 12.9. The zero-order chi connectivity index (χ0) is 13.1. The molecule has 2 heterocycles. The third kappa shape index (κ3) is 3.70. The van der Waals surface area contributed by atoms with Gasteiger partial charge in [-0.2, -0.15) is 0 Å². The summed E-state index contributed by atoms with van der Waals surface area (Å²) in [5.41, 5.74) is 4.26. The summed E-state index contributed by atoms with van der Waals surface area (Å²) >= 11 is 0. The summed E-state index contributed by atoms with van der Waals surface area (Å²) in [5, 5.41) is 0. The molecule has 18 heavy (non-hydrogen) atoms. The maximum atomic E-state index is 2.54. The van der Waals surface area contributed by atoms with Gasteiger partial charge in [0.25, 0.3) is 0 Å². The Bertz CT molecular complexity index is 207. The molecule has 0 unspecified atom stereocenters. The first kappa shape index (κ1) is 15.3. The molecule has 2 fully saturated rings. The highest BCUT2D eigenvalue weighted by atomic mass is 31.1. The average Bonchev–Trinajstić information content (AvgIpc) is 2.31. The zero-order valence-corrected chi connectivity index (χ0v) is 14.6. The second kappa shape index (κ2) is 7.04. The van der Waals surface area contributed by atoms with Gasteiger partial charge in [0.05, 0.1) is 0 Å². The predicted molar refractivity (Wildman–Crippen MR) is 89.1 cm³/mol. The lowest BCUT2D eigenvalue weighted by Crippen LogP contribution is -2.23. The molecule has 0 N–H and O–H groups in total. The maximum absolute atomic E-state index is 2.54. The van der Waals surface area contributed by atoms with Crippen LogP contribution in [0.2, 0.25) is 0 Å². The Morgan fingerprint density at radius 1 is 0.611 bits per heavy atom. The van der Waals surface area contributed by atoms with Crippen LogP contribution in [0.4, 0.5) is 0 Å². The fourth-order valence-corrected chi connectivity index (χ4v) is 11.5. The molecular formula is C16H32P2. The Labute approximate surface area is 117 Å². The first-order valence-corrected chi connectivity index (χ1v) is 11.4. The van der Waals surface area contributed by atoms with Gasteiger partial charge < -0.3 is 0 Å². The van der Waals surface area contributed by atoms with Gasteiger partial charge in [0.2, 0.25) is 0 Å². The molecule has 0 aromatic heterocycles. The van der Waals surface area contributed by atoms with E-state index >= 15 is 0 Å². The van der Waals surface area contributed by atoms with E-state index in [9.17, 15) is 0 Å². The molecule has 0 aliphatic carbocycles. The van der Waals surface area contributed by atoms with Gasteiger partial charge in [0, 0.05) is 0 Å². The molecule has 0 nitrogen and oxygen atoms in total. The minimum absolute atomic E-state index is 0.359. The molecule has 2 heteroatoms. The summed E-state index contributed by atoms with van der Waals surface area (Å²) in [7, 11) is 0.718. The minimum atomic E-state index is 0.359. The summed E-state index contributed by atoms with van der Waals surface area (Å²) in [5.74, 6) is 0. The van der Waals surface area contributed by atoms with E-state index < -0.39 is 0 Å². The summed E-state index contributed by atoms with van der Waals surface area (Å²) in [6.45, 7) is 10.2. The van der Waals surface area contributed by atoms with Crippen molar-refractivity contribution in [2.75, 3.05) is 12.3 Å². The molecule has 106 valence electrons. The van der Waals surface area contributed by atoms with Crippen LogP contribution < -0.4 is 0 Å². The lowest BCUT2D eigenvalue weighted by Gasteiger charge is -2.40. The smallest absolute Gasteiger partial charge is 0.0235 e. The van der Waals surface area contributed by atoms with E-state index in [0.717, 1.165) is 22.6 Å². The predicted octanol–water partition coefficient (Wildman–Crippen LogP) is 5.87.